The van der Waals surface area contributed by atoms with Crippen LogP contribution < -0.4 is 9.47 Å². The summed E-state index contributed by atoms with van der Waals surface area (Å²) in [5, 5.41) is 15.0. The Morgan fingerprint density at radius 1 is 1.14 bits per heavy atom. The van der Waals surface area contributed by atoms with Gasteiger partial charge in [-0.05, 0) is 35.9 Å². The standard InChI is InChI=1S/C22H23ClN2O4/c1-22(2,3)19-18(21(26)27)20(29-17-7-5-6-15(23)12-17)25(24-19)13-14-8-10-16(28-4)11-9-14/h5-12H,13H2,1-4H3,(H,26,27). The topological polar surface area (TPSA) is 73.6 Å². The summed E-state index contributed by atoms with van der Waals surface area (Å²) in [6.45, 7) is 6.10. The van der Waals surface area contributed by atoms with Gasteiger partial charge in [-0.15, -0.1) is 0 Å². The zero-order valence-electron chi connectivity index (χ0n) is 16.8. The van der Waals surface area contributed by atoms with Crippen LogP contribution in [0.2, 0.25) is 5.02 Å². The number of ether oxygens (including phenoxy) is 2. The van der Waals surface area contributed by atoms with Crippen molar-refractivity contribution >= 4 is 17.6 Å². The number of hydrogen-bond donors (Lipinski definition) is 1. The van der Waals surface area contributed by atoms with Crippen LogP contribution in [-0.4, -0.2) is 28.0 Å². The monoisotopic (exact) mass is 414 g/mol. The van der Waals surface area contributed by atoms with Gasteiger partial charge in [0.1, 0.15) is 17.1 Å². The van der Waals surface area contributed by atoms with Crippen LogP contribution in [0.3, 0.4) is 0 Å². The number of carboxylic acids is 1. The number of methoxy groups -OCH3 is 1. The number of carboxylic acid groups (broad SMARTS) is 1. The van der Waals surface area contributed by atoms with E-state index < -0.39 is 11.4 Å². The van der Waals surface area contributed by atoms with Gasteiger partial charge in [-0.3, -0.25) is 0 Å². The fraction of sp³-hybridized carbons (Fsp3) is 0.273. The number of carbonyl (C=O) groups is 1. The molecule has 3 rings (SSSR count). The van der Waals surface area contributed by atoms with Crippen LogP contribution in [-0.2, 0) is 12.0 Å². The average Bonchev–Trinajstić information content (AvgIpc) is 3.01. The maximum absolute atomic E-state index is 12.1. The highest BCUT2D eigenvalue weighted by atomic mass is 35.5. The molecule has 0 aliphatic rings. The van der Waals surface area contributed by atoms with Crippen LogP contribution in [0.1, 0.15) is 42.4 Å². The van der Waals surface area contributed by atoms with Gasteiger partial charge >= 0.3 is 5.97 Å². The molecule has 7 heteroatoms. The molecule has 3 aromatic rings. The van der Waals surface area contributed by atoms with Gasteiger partial charge in [0.15, 0.2) is 0 Å². The van der Waals surface area contributed by atoms with E-state index in [1.54, 1.807) is 36.1 Å². The molecule has 1 aromatic heterocycles. The van der Waals surface area contributed by atoms with Crippen LogP contribution in [0, 0.1) is 0 Å². The molecule has 0 aliphatic carbocycles. The minimum atomic E-state index is -1.09. The van der Waals surface area contributed by atoms with Crippen LogP contribution in [0.4, 0.5) is 0 Å². The Bertz CT molecular complexity index is 1020. The Morgan fingerprint density at radius 3 is 2.38 bits per heavy atom. The van der Waals surface area contributed by atoms with E-state index in [0.29, 0.717) is 23.0 Å². The molecule has 0 bridgehead atoms. The van der Waals surface area contributed by atoms with Crippen molar-refractivity contribution in [1.82, 2.24) is 9.78 Å². The van der Waals surface area contributed by atoms with Gasteiger partial charge in [-0.2, -0.15) is 5.10 Å². The summed E-state index contributed by atoms with van der Waals surface area (Å²) < 4.78 is 12.8. The number of benzene rings is 2. The van der Waals surface area contributed by atoms with E-state index in [-0.39, 0.29) is 11.4 Å². The molecule has 6 nitrogen and oxygen atoms in total. The SMILES string of the molecule is COc1ccc(Cn2nc(C(C)(C)C)c(C(=O)O)c2Oc2cccc(Cl)c2)cc1. The van der Waals surface area contributed by atoms with Gasteiger partial charge in [0, 0.05) is 10.4 Å². The lowest BCUT2D eigenvalue weighted by Gasteiger charge is -2.15. The Balaban J connectivity index is 2.10. The molecule has 0 saturated heterocycles. The first-order valence-electron chi connectivity index (χ1n) is 9.10. The predicted molar refractivity (Wildman–Crippen MR) is 112 cm³/mol. The van der Waals surface area contributed by atoms with Crippen molar-refractivity contribution in [3.8, 4) is 17.4 Å². The quantitative estimate of drug-likeness (QED) is 0.586. The highest BCUT2D eigenvalue weighted by Gasteiger charge is 2.32. The van der Waals surface area contributed by atoms with Crippen molar-refractivity contribution in [3.05, 3.63) is 70.4 Å². The molecule has 1 N–H and O–H groups in total. The van der Waals surface area contributed by atoms with Gasteiger partial charge in [-0.25, -0.2) is 9.48 Å². The summed E-state index contributed by atoms with van der Waals surface area (Å²) in [4.78, 5) is 12.1. The maximum atomic E-state index is 12.1. The van der Waals surface area contributed by atoms with Crippen molar-refractivity contribution in [2.24, 2.45) is 0 Å². The third kappa shape index (κ3) is 4.71. The van der Waals surface area contributed by atoms with Crippen LogP contribution in [0.25, 0.3) is 0 Å². The zero-order chi connectivity index (χ0) is 21.2. The fourth-order valence-electron chi connectivity index (χ4n) is 2.92. The molecule has 0 radical (unpaired) electrons. The zero-order valence-corrected chi connectivity index (χ0v) is 17.5. The molecular weight excluding hydrogens is 392 g/mol. The molecular formula is C22H23ClN2O4. The molecule has 0 aliphatic heterocycles. The van der Waals surface area contributed by atoms with E-state index in [2.05, 4.69) is 5.10 Å². The average molecular weight is 415 g/mol. The van der Waals surface area contributed by atoms with E-state index in [4.69, 9.17) is 21.1 Å². The van der Waals surface area contributed by atoms with E-state index in [1.165, 1.54) is 0 Å². The van der Waals surface area contributed by atoms with Crippen LogP contribution in [0.5, 0.6) is 17.4 Å². The summed E-state index contributed by atoms with van der Waals surface area (Å²) >= 11 is 6.06. The number of aromatic nitrogens is 2. The van der Waals surface area contributed by atoms with Gasteiger partial charge < -0.3 is 14.6 Å². The summed E-state index contributed by atoms with van der Waals surface area (Å²) in [6, 6.07) is 14.3. The van der Waals surface area contributed by atoms with Crippen molar-refractivity contribution in [1.29, 1.82) is 0 Å². The number of hydrogen-bond acceptors (Lipinski definition) is 4. The second kappa shape index (κ2) is 8.17. The molecule has 2 aromatic carbocycles. The number of aromatic carboxylic acids is 1. The molecule has 0 atom stereocenters. The Hall–Kier alpha value is -2.99. The van der Waals surface area contributed by atoms with Crippen molar-refractivity contribution in [3.63, 3.8) is 0 Å². The highest BCUT2D eigenvalue weighted by molar-refractivity contribution is 6.30. The van der Waals surface area contributed by atoms with Crippen molar-refractivity contribution in [2.45, 2.75) is 32.7 Å². The van der Waals surface area contributed by atoms with E-state index in [9.17, 15) is 9.90 Å². The molecule has 0 fully saturated rings. The molecule has 0 spiro atoms. The third-order valence-corrected chi connectivity index (χ3v) is 4.57. The molecule has 152 valence electrons. The lowest BCUT2D eigenvalue weighted by atomic mass is 9.89. The van der Waals surface area contributed by atoms with Crippen LogP contribution >= 0.6 is 11.6 Å². The van der Waals surface area contributed by atoms with E-state index in [1.807, 2.05) is 45.0 Å². The number of rotatable bonds is 6. The summed E-state index contributed by atoms with van der Waals surface area (Å²) in [5.41, 5.74) is 0.953. The smallest absolute Gasteiger partial charge is 0.343 e. The molecule has 0 unspecified atom stereocenters. The highest BCUT2D eigenvalue weighted by Crippen LogP contribution is 2.35. The Labute approximate surface area is 174 Å². The predicted octanol–water partition coefficient (Wildman–Crippen LogP) is 5.38. The van der Waals surface area contributed by atoms with Crippen LogP contribution in [0.15, 0.2) is 48.5 Å². The minimum absolute atomic E-state index is 0.0472. The Morgan fingerprint density at radius 2 is 1.83 bits per heavy atom. The second-order valence-corrected chi connectivity index (χ2v) is 8.09. The van der Waals surface area contributed by atoms with Gasteiger partial charge in [-0.1, -0.05) is 50.6 Å². The molecule has 1 heterocycles. The summed E-state index contributed by atoms with van der Waals surface area (Å²) in [6.07, 6.45) is 0. The minimum Gasteiger partial charge on any atom is -0.497 e. The van der Waals surface area contributed by atoms with Gasteiger partial charge in [0.2, 0.25) is 5.88 Å². The molecule has 0 saturated carbocycles. The fourth-order valence-corrected chi connectivity index (χ4v) is 3.10. The van der Waals surface area contributed by atoms with Crippen molar-refractivity contribution < 1.29 is 19.4 Å². The molecule has 29 heavy (non-hydrogen) atoms. The second-order valence-electron chi connectivity index (χ2n) is 7.65. The lowest BCUT2D eigenvalue weighted by molar-refractivity contribution is 0.0691. The number of halogens is 1. The van der Waals surface area contributed by atoms with Gasteiger partial charge in [0.05, 0.1) is 19.3 Å². The molecule has 0 amide bonds. The summed E-state index contributed by atoms with van der Waals surface area (Å²) in [7, 11) is 1.61. The van der Waals surface area contributed by atoms with Gasteiger partial charge in [0.25, 0.3) is 0 Å². The Kier molecular flexibility index (Phi) is 5.84. The number of nitrogens with zero attached hydrogens (tertiary/aromatic N) is 2. The third-order valence-electron chi connectivity index (χ3n) is 4.33. The first-order chi connectivity index (χ1) is 13.7. The lowest BCUT2D eigenvalue weighted by Crippen LogP contribution is -2.17. The maximum Gasteiger partial charge on any atom is 0.343 e. The van der Waals surface area contributed by atoms with E-state index >= 15 is 0 Å². The van der Waals surface area contributed by atoms with Crippen molar-refractivity contribution in [2.75, 3.05) is 7.11 Å². The first kappa shape index (κ1) is 20.7. The normalized spacial score (nSPS) is 11.3. The largest absolute Gasteiger partial charge is 0.497 e. The summed E-state index contributed by atoms with van der Waals surface area (Å²) in [5.74, 6) is 0.260. The first-order valence-corrected chi connectivity index (χ1v) is 9.48. The van der Waals surface area contributed by atoms with E-state index in [0.717, 1.165) is 11.3 Å².